The van der Waals surface area contributed by atoms with E-state index in [0.29, 0.717) is 29.4 Å². The number of fused-ring (bicyclic) bond motifs is 1. The van der Waals surface area contributed by atoms with E-state index in [1.807, 2.05) is 50.2 Å². The van der Waals surface area contributed by atoms with Gasteiger partial charge in [0.2, 0.25) is 0 Å². The number of benzene rings is 3. The molecule has 6 heteroatoms. The lowest BCUT2D eigenvalue weighted by Crippen LogP contribution is -2.36. The Morgan fingerprint density at radius 1 is 0.931 bits per heavy atom. The first-order chi connectivity index (χ1) is 14.0. The number of nitrogens with one attached hydrogen (secondary N) is 2. The van der Waals surface area contributed by atoms with Gasteiger partial charge in [-0.15, -0.1) is 0 Å². The van der Waals surface area contributed by atoms with Gasteiger partial charge in [0.05, 0.1) is 0 Å². The molecular formula is C23H23ClN2O3. The molecule has 0 radical (unpaired) electrons. The van der Waals surface area contributed by atoms with Gasteiger partial charge in [-0.1, -0.05) is 48.0 Å². The van der Waals surface area contributed by atoms with Crippen LogP contribution in [0.4, 0.5) is 0 Å². The fraction of sp³-hybridized carbons (Fsp3) is 0.217. The average molecular weight is 411 g/mol. The Bertz CT molecular complexity index is 1020. The molecule has 0 heterocycles. The van der Waals surface area contributed by atoms with Gasteiger partial charge >= 0.3 is 0 Å². The molecule has 29 heavy (non-hydrogen) atoms. The Hall–Kier alpha value is -3.05. The molecular weight excluding hydrogens is 388 g/mol. The maximum atomic E-state index is 12.4. The summed E-state index contributed by atoms with van der Waals surface area (Å²) in [6.45, 7) is 4.32. The van der Waals surface area contributed by atoms with Gasteiger partial charge in [-0.2, -0.15) is 0 Å². The number of rotatable bonds is 7. The Morgan fingerprint density at radius 3 is 2.34 bits per heavy atom. The number of hydrogen-bond donors (Lipinski definition) is 2. The minimum absolute atomic E-state index is 0.0994. The summed E-state index contributed by atoms with van der Waals surface area (Å²) >= 11 is 6.13. The fourth-order valence-electron chi connectivity index (χ4n) is 3.09. The second-order valence-corrected chi connectivity index (χ2v) is 7.17. The van der Waals surface area contributed by atoms with Crippen molar-refractivity contribution in [3.05, 3.63) is 76.3 Å². The van der Waals surface area contributed by atoms with Crippen molar-refractivity contribution in [3.63, 3.8) is 0 Å². The van der Waals surface area contributed by atoms with Crippen LogP contribution in [-0.2, 0) is 4.79 Å². The van der Waals surface area contributed by atoms with Crippen LogP contribution in [0.15, 0.2) is 54.6 Å². The molecule has 3 aromatic carbocycles. The largest absolute Gasteiger partial charge is 0.484 e. The molecule has 2 N–H and O–H groups in total. The summed E-state index contributed by atoms with van der Waals surface area (Å²) in [6, 6.07) is 16.9. The minimum atomic E-state index is -0.255. The van der Waals surface area contributed by atoms with E-state index in [4.69, 9.17) is 16.3 Å². The second-order valence-electron chi connectivity index (χ2n) is 6.79. The lowest BCUT2D eigenvalue weighted by Gasteiger charge is -2.11. The summed E-state index contributed by atoms with van der Waals surface area (Å²) in [5.74, 6) is 0.179. The number of amides is 2. The van der Waals surface area contributed by atoms with E-state index >= 15 is 0 Å². The molecule has 0 bridgehead atoms. The van der Waals surface area contributed by atoms with Gasteiger partial charge in [0.1, 0.15) is 5.75 Å². The first kappa shape index (κ1) is 20.7. The Labute approximate surface area is 175 Å². The second kappa shape index (κ2) is 9.43. The molecule has 0 aliphatic heterocycles. The maximum Gasteiger partial charge on any atom is 0.258 e. The summed E-state index contributed by atoms with van der Waals surface area (Å²) < 4.78 is 5.52. The van der Waals surface area contributed by atoms with Gasteiger partial charge in [0, 0.05) is 23.7 Å². The van der Waals surface area contributed by atoms with Crippen LogP contribution in [0, 0.1) is 13.8 Å². The molecule has 0 aliphatic carbocycles. The van der Waals surface area contributed by atoms with E-state index in [0.717, 1.165) is 21.9 Å². The molecule has 3 aromatic rings. The first-order valence-electron chi connectivity index (χ1n) is 9.38. The van der Waals surface area contributed by atoms with Crippen LogP contribution in [0.5, 0.6) is 5.75 Å². The van der Waals surface area contributed by atoms with Gasteiger partial charge in [-0.05, 0) is 53.9 Å². The zero-order valence-electron chi connectivity index (χ0n) is 16.4. The van der Waals surface area contributed by atoms with E-state index < -0.39 is 0 Å². The number of carbonyl (C=O) groups is 2. The third-order valence-electron chi connectivity index (χ3n) is 4.55. The molecule has 5 nitrogen and oxygen atoms in total. The minimum Gasteiger partial charge on any atom is -0.484 e. The van der Waals surface area contributed by atoms with Gasteiger partial charge in [-0.3, -0.25) is 9.59 Å². The van der Waals surface area contributed by atoms with E-state index in [-0.39, 0.29) is 18.4 Å². The lowest BCUT2D eigenvalue weighted by atomic mass is 10.0. The molecule has 150 valence electrons. The summed E-state index contributed by atoms with van der Waals surface area (Å²) in [7, 11) is 0. The molecule has 3 rings (SSSR count). The molecule has 0 spiro atoms. The predicted octanol–water partition coefficient (Wildman–Crippen LogP) is 4.04. The predicted molar refractivity (Wildman–Crippen MR) is 116 cm³/mol. The van der Waals surface area contributed by atoms with Crippen LogP contribution in [0.2, 0.25) is 5.02 Å². The SMILES string of the molecule is Cc1cc(OCC(=O)NCCNC(=O)c2cccc3ccccc23)cc(C)c1Cl. The molecule has 0 aliphatic rings. The normalized spacial score (nSPS) is 10.6. The number of ether oxygens (including phenoxy) is 1. The zero-order chi connectivity index (χ0) is 20.8. The Balaban J connectivity index is 1.44. The van der Waals surface area contributed by atoms with E-state index in [1.165, 1.54) is 0 Å². The highest BCUT2D eigenvalue weighted by atomic mass is 35.5. The van der Waals surface area contributed by atoms with Crippen LogP contribution in [0.1, 0.15) is 21.5 Å². The van der Waals surface area contributed by atoms with Crippen molar-refractivity contribution in [3.8, 4) is 5.75 Å². The maximum absolute atomic E-state index is 12.4. The first-order valence-corrected chi connectivity index (χ1v) is 9.75. The van der Waals surface area contributed by atoms with Crippen molar-refractivity contribution < 1.29 is 14.3 Å². The van der Waals surface area contributed by atoms with Crippen molar-refractivity contribution in [2.75, 3.05) is 19.7 Å². The molecule has 0 saturated carbocycles. The highest BCUT2D eigenvalue weighted by Gasteiger charge is 2.10. The molecule has 0 unspecified atom stereocenters. The topological polar surface area (TPSA) is 67.4 Å². The van der Waals surface area contributed by atoms with Gasteiger partial charge in [-0.25, -0.2) is 0 Å². The standard InChI is InChI=1S/C23H23ClN2O3/c1-15-12-18(13-16(2)22(15)24)29-14-21(27)25-10-11-26-23(28)20-9-5-7-17-6-3-4-8-19(17)20/h3-9,12-13H,10-11,14H2,1-2H3,(H,25,27)(H,26,28). The molecule has 2 amide bonds. The van der Waals surface area contributed by atoms with Crippen molar-refractivity contribution in [2.24, 2.45) is 0 Å². The summed E-state index contributed by atoms with van der Waals surface area (Å²) in [6.07, 6.45) is 0. The van der Waals surface area contributed by atoms with Crippen molar-refractivity contribution in [2.45, 2.75) is 13.8 Å². The fourth-order valence-corrected chi connectivity index (χ4v) is 3.20. The zero-order valence-corrected chi connectivity index (χ0v) is 17.2. The van der Waals surface area contributed by atoms with E-state index in [2.05, 4.69) is 10.6 Å². The van der Waals surface area contributed by atoms with E-state index in [1.54, 1.807) is 18.2 Å². The van der Waals surface area contributed by atoms with Crippen molar-refractivity contribution >= 4 is 34.2 Å². The van der Waals surface area contributed by atoms with Crippen LogP contribution in [-0.4, -0.2) is 31.5 Å². The quantitative estimate of drug-likeness (QED) is 0.578. The highest BCUT2D eigenvalue weighted by molar-refractivity contribution is 6.32. The number of halogens is 1. The molecule has 0 saturated heterocycles. The van der Waals surface area contributed by atoms with Gasteiger partial charge in [0.15, 0.2) is 6.61 Å². The smallest absolute Gasteiger partial charge is 0.258 e. The summed E-state index contributed by atoms with van der Waals surface area (Å²) in [4.78, 5) is 24.4. The average Bonchev–Trinajstić information content (AvgIpc) is 2.72. The monoisotopic (exact) mass is 410 g/mol. The third-order valence-corrected chi connectivity index (χ3v) is 5.14. The van der Waals surface area contributed by atoms with Crippen molar-refractivity contribution in [1.82, 2.24) is 10.6 Å². The van der Waals surface area contributed by atoms with Crippen molar-refractivity contribution in [1.29, 1.82) is 0 Å². The Morgan fingerprint density at radius 2 is 1.59 bits per heavy atom. The molecule has 0 fully saturated rings. The van der Waals surface area contributed by atoms with Gasteiger partial charge in [0.25, 0.3) is 11.8 Å². The molecule has 0 atom stereocenters. The molecule has 0 aromatic heterocycles. The van der Waals surface area contributed by atoms with Crippen LogP contribution in [0.25, 0.3) is 10.8 Å². The number of carbonyl (C=O) groups excluding carboxylic acids is 2. The summed E-state index contributed by atoms with van der Waals surface area (Å²) in [5.41, 5.74) is 2.42. The Kier molecular flexibility index (Phi) is 6.73. The van der Waals surface area contributed by atoms with E-state index in [9.17, 15) is 9.59 Å². The van der Waals surface area contributed by atoms with Gasteiger partial charge < -0.3 is 15.4 Å². The van der Waals surface area contributed by atoms with Crippen LogP contribution >= 0.6 is 11.6 Å². The van der Waals surface area contributed by atoms with Crippen LogP contribution in [0.3, 0.4) is 0 Å². The third kappa shape index (κ3) is 5.27. The number of hydrogen-bond acceptors (Lipinski definition) is 3. The van der Waals surface area contributed by atoms with Crippen LogP contribution < -0.4 is 15.4 Å². The lowest BCUT2D eigenvalue weighted by molar-refractivity contribution is -0.123. The number of aryl methyl sites for hydroxylation is 2. The highest BCUT2D eigenvalue weighted by Crippen LogP contribution is 2.25. The summed E-state index contributed by atoms with van der Waals surface area (Å²) in [5, 5.41) is 8.18.